The molecule has 0 fully saturated rings. The highest BCUT2D eigenvalue weighted by Gasteiger charge is 2.02. The van der Waals surface area contributed by atoms with Crippen molar-refractivity contribution in [1.29, 1.82) is 0 Å². The molecule has 4 heteroatoms. The number of halogens is 1. The number of hydrogen-bond donors (Lipinski definition) is 1. The summed E-state index contributed by atoms with van der Waals surface area (Å²) in [6.07, 6.45) is 3.15. The normalized spacial score (nSPS) is 13.2. The molecule has 2 N–H and O–H groups in total. The number of alkyl halides is 1. The van der Waals surface area contributed by atoms with Crippen LogP contribution in [0, 0.1) is 0 Å². The molecule has 12 heavy (non-hydrogen) atoms. The van der Waals surface area contributed by atoms with Crippen LogP contribution in [0.15, 0.2) is 12.5 Å². The van der Waals surface area contributed by atoms with Gasteiger partial charge in [0.25, 0.3) is 0 Å². The van der Waals surface area contributed by atoms with Crippen molar-refractivity contribution in [2.24, 2.45) is 5.73 Å². The Balaban J connectivity index is 2.50. The third-order valence-electron chi connectivity index (χ3n) is 1.78. The largest absolute Gasteiger partial charge is 0.333 e. The molecule has 0 aliphatic rings. The topological polar surface area (TPSA) is 43.8 Å². The second kappa shape index (κ2) is 4.21. The zero-order chi connectivity index (χ0) is 8.97. The van der Waals surface area contributed by atoms with Gasteiger partial charge in [0.1, 0.15) is 0 Å². The Morgan fingerprint density at radius 2 is 2.50 bits per heavy atom. The first kappa shape index (κ1) is 9.19. The first-order valence-electron chi connectivity index (χ1n) is 4.07. The minimum absolute atomic E-state index is 0.459. The number of aryl methyl sites for hydroxylation is 1. The lowest BCUT2D eigenvalue weighted by Crippen LogP contribution is -2.09. The van der Waals surface area contributed by atoms with Crippen LogP contribution in [0.4, 0.5) is 4.39 Å². The molecule has 0 spiro atoms. The fourth-order valence-electron chi connectivity index (χ4n) is 1.04. The molecular weight excluding hydrogens is 157 g/mol. The zero-order valence-electron chi connectivity index (χ0n) is 7.20. The highest BCUT2D eigenvalue weighted by atomic mass is 19.1. The fourth-order valence-corrected chi connectivity index (χ4v) is 1.04. The molecule has 3 nitrogen and oxygen atoms in total. The first-order chi connectivity index (χ1) is 5.74. The van der Waals surface area contributed by atoms with Crippen LogP contribution in [0.5, 0.6) is 0 Å². The number of hydrogen-bond acceptors (Lipinski definition) is 2. The van der Waals surface area contributed by atoms with Crippen molar-refractivity contribution in [2.75, 3.05) is 0 Å². The summed E-state index contributed by atoms with van der Waals surface area (Å²) in [5.74, 6) is 0. The molecule has 0 amide bonds. The predicted octanol–water partition coefficient (Wildman–Crippen LogP) is 1.09. The number of imidazole rings is 1. The van der Waals surface area contributed by atoms with Gasteiger partial charge in [-0.3, -0.25) is 0 Å². The van der Waals surface area contributed by atoms with E-state index in [9.17, 15) is 4.39 Å². The van der Waals surface area contributed by atoms with Crippen molar-refractivity contribution in [1.82, 2.24) is 9.55 Å². The molecule has 1 aromatic heterocycles. The summed E-state index contributed by atoms with van der Waals surface area (Å²) < 4.78 is 14.3. The number of nitrogens with two attached hydrogens (primary N) is 1. The summed E-state index contributed by atoms with van der Waals surface area (Å²) in [6, 6.07) is 0. The van der Waals surface area contributed by atoms with Gasteiger partial charge in [-0.1, -0.05) is 0 Å². The van der Waals surface area contributed by atoms with Crippen LogP contribution in [0.2, 0.25) is 0 Å². The van der Waals surface area contributed by atoms with Crippen LogP contribution in [0.3, 0.4) is 0 Å². The predicted molar refractivity (Wildman–Crippen MR) is 45.3 cm³/mol. The molecule has 0 saturated heterocycles. The smallest absolute Gasteiger partial charge is 0.0990 e. The second-order valence-electron chi connectivity index (χ2n) is 2.85. The molecule has 0 radical (unpaired) electrons. The summed E-state index contributed by atoms with van der Waals surface area (Å²) in [5, 5.41) is 0. The fraction of sp³-hybridized carbons (Fsp3) is 0.625. The number of nitrogens with zero attached hydrogens (tertiary/aromatic N) is 2. The molecule has 68 valence electrons. The van der Waals surface area contributed by atoms with Crippen LogP contribution in [0.25, 0.3) is 0 Å². The highest BCUT2D eigenvalue weighted by molar-refractivity contribution is 4.96. The average molecular weight is 171 g/mol. The monoisotopic (exact) mass is 171 g/mol. The quantitative estimate of drug-likeness (QED) is 0.737. The van der Waals surface area contributed by atoms with Crippen molar-refractivity contribution in [3.63, 3.8) is 0 Å². The van der Waals surface area contributed by atoms with E-state index in [1.807, 2.05) is 4.57 Å². The van der Waals surface area contributed by atoms with E-state index in [2.05, 4.69) is 4.98 Å². The van der Waals surface area contributed by atoms with E-state index < -0.39 is 6.17 Å². The van der Waals surface area contributed by atoms with Crippen molar-refractivity contribution in [2.45, 2.75) is 32.6 Å². The first-order valence-corrected chi connectivity index (χ1v) is 4.07. The van der Waals surface area contributed by atoms with Crippen molar-refractivity contribution in [3.05, 3.63) is 18.2 Å². The van der Waals surface area contributed by atoms with Gasteiger partial charge in [-0.15, -0.1) is 0 Å². The van der Waals surface area contributed by atoms with Gasteiger partial charge in [0, 0.05) is 19.3 Å². The Morgan fingerprint density at radius 3 is 3.08 bits per heavy atom. The summed E-state index contributed by atoms with van der Waals surface area (Å²) in [5.41, 5.74) is 6.40. The molecule has 0 aliphatic heterocycles. The van der Waals surface area contributed by atoms with Gasteiger partial charge < -0.3 is 10.3 Å². The third kappa shape index (κ3) is 2.30. The van der Waals surface area contributed by atoms with Crippen molar-refractivity contribution >= 4 is 0 Å². The van der Waals surface area contributed by atoms with Crippen molar-refractivity contribution in [3.8, 4) is 0 Å². The molecule has 0 saturated carbocycles. The lowest BCUT2D eigenvalue weighted by Gasteiger charge is -2.06. The molecule has 0 aromatic carbocycles. The minimum atomic E-state index is -0.766. The molecule has 1 heterocycles. The molecule has 0 aliphatic carbocycles. The van der Waals surface area contributed by atoms with Crippen LogP contribution >= 0.6 is 0 Å². The van der Waals surface area contributed by atoms with E-state index in [1.54, 1.807) is 19.4 Å². The number of aromatic nitrogens is 2. The number of rotatable bonds is 4. The maximum absolute atomic E-state index is 12.5. The van der Waals surface area contributed by atoms with Gasteiger partial charge in [0.05, 0.1) is 18.2 Å². The van der Waals surface area contributed by atoms with E-state index in [-0.39, 0.29) is 0 Å². The standard InChI is InChI=1S/C8H14FN3/c1-7(9)2-3-12-6-11-5-8(12)4-10/h5-7H,2-4,10H2,1H3. The lowest BCUT2D eigenvalue weighted by atomic mass is 10.3. The van der Waals surface area contributed by atoms with Gasteiger partial charge >= 0.3 is 0 Å². The van der Waals surface area contributed by atoms with Crippen LogP contribution in [0.1, 0.15) is 19.0 Å². The Bertz CT molecular complexity index is 232. The van der Waals surface area contributed by atoms with E-state index in [4.69, 9.17) is 5.73 Å². The summed E-state index contributed by atoms with van der Waals surface area (Å²) in [6.45, 7) is 2.67. The summed E-state index contributed by atoms with van der Waals surface area (Å²) >= 11 is 0. The van der Waals surface area contributed by atoms with Gasteiger partial charge in [0.15, 0.2) is 0 Å². The van der Waals surface area contributed by atoms with Gasteiger partial charge in [-0.05, 0) is 13.3 Å². The van der Waals surface area contributed by atoms with Gasteiger partial charge in [-0.25, -0.2) is 9.37 Å². The zero-order valence-corrected chi connectivity index (χ0v) is 7.20. The maximum Gasteiger partial charge on any atom is 0.0990 e. The van der Waals surface area contributed by atoms with Crippen LogP contribution < -0.4 is 5.73 Å². The highest BCUT2D eigenvalue weighted by Crippen LogP contribution is 2.03. The maximum atomic E-state index is 12.5. The molecule has 0 bridgehead atoms. The van der Waals surface area contributed by atoms with E-state index in [0.29, 0.717) is 19.5 Å². The van der Waals surface area contributed by atoms with Gasteiger partial charge in [0.2, 0.25) is 0 Å². The average Bonchev–Trinajstić information content (AvgIpc) is 2.47. The third-order valence-corrected chi connectivity index (χ3v) is 1.78. The Hall–Kier alpha value is -0.900. The SMILES string of the molecule is CC(F)CCn1cncc1CN. The Morgan fingerprint density at radius 1 is 1.75 bits per heavy atom. The molecule has 1 unspecified atom stereocenters. The molecule has 1 atom stereocenters. The molecule has 1 aromatic rings. The minimum Gasteiger partial charge on any atom is -0.333 e. The van der Waals surface area contributed by atoms with Gasteiger partial charge in [-0.2, -0.15) is 0 Å². The molecular formula is C8H14FN3. The summed E-state index contributed by atoms with van der Waals surface area (Å²) in [7, 11) is 0. The Labute approximate surface area is 71.4 Å². The van der Waals surface area contributed by atoms with Crippen LogP contribution in [-0.4, -0.2) is 15.7 Å². The lowest BCUT2D eigenvalue weighted by molar-refractivity contribution is 0.324. The van der Waals surface area contributed by atoms with Crippen LogP contribution in [-0.2, 0) is 13.1 Å². The van der Waals surface area contributed by atoms with E-state index in [0.717, 1.165) is 5.69 Å². The Kier molecular flexibility index (Phi) is 3.22. The summed E-state index contributed by atoms with van der Waals surface area (Å²) in [4.78, 5) is 3.93. The molecule has 1 rings (SSSR count). The van der Waals surface area contributed by atoms with Crippen molar-refractivity contribution < 1.29 is 4.39 Å². The second-order valence-corrected chi connectivity index (χ2v) is 2.85. The van der Waals surface area contributed by atoms with E-state index in [1.165, 1.54) is 0 Å². The van der Waals surface area contributed by atoms with E-state index >= 15 is 0 Å².